The molecule has 1 aromatic rings. The van der Waals surface area contributed by atoms with Gasteiger partial charge in [-0.1, -0.05) is 24.9 Å². The predicted molar refractivity (Wildman–Crippen MR) is 91.6 cm³/mol. The van der Waals surface area contributed by atoms with E-state index in [0.29, 0.717) is 18.3 Å². The fourth-order valence-electron chi connectivity index (χ4n) is 2.70. The van der Waals surface area contributed by atoms with Gasteiger partial charge in [0.15, 0.2) is 0 Å². The van der Waals surface area contributed by atoms with Crippen LogP contribution in [0.2, 0.25) is 5.02 Å². The van der Waals surface area contributed by atoms with Crippen molar-refractivity contribution < 1.29 is 0 Å². The summed E-state index contributed by atoms with van der Waals surface area (Å²) in [5.41, 5.74) is 0.495. The Labute approximate surface area is 135 Å². The lowest BCUT2D eigenvalue weighted by molar-refractivity contribution is 0.472. The first kappa shape index (κ1) is 16.7. The zero-order valence-electron chi connectivity index (χ0n) is 12.8. The number of nitrogens with one attached hydrogen (secondary N) is 1. The first-order valence-corrected chi connectivity index (χ1v) is 9.37. The maximum atomic E-state index is 12.2. The van der Waals surface area contributed by atoms with Crippen molar-refractivity contribution >= 4 is 29.1 Å². The largest absolute Gasteiger partial charge is 0.380 e. The zero-order chi connectivity index (χ0) is 15.2. The van der Waals surface area contributed by atoms with E-state index in [0.717, 1.165) is 30.9 Å². The van der Waals surface area contributed by atoms with Gasteiger partial charge in [-0.2, -0.15) is 16.9 Å². The van der Waals surface area contributed by atoms with Gasteiger partial charge in [0.25, 0.3) is 5.56 Å². The molecule has 2 rings (SSSR count). The van der Waals surface area contributed by atoms with Crippen molar-refractivity contribution in [3.63, 3.8) is 0 Å². The summed E-state index contributed by atoms with van der Waals surface area (Å²) < 4.78 is 1.46. The molecule has 0 atom stereocenters. The number of anilines is 1. The van der Waals surface area contributed by atoms with Gasteiger partial charge in [0.2, 0.25) is 0 Å². The second-order valence-electron chi connectivity index (χ2n) is 5.61. The first-order chi connectivity index (χ1) is 10.2. The number of halogens is 1. The molecule has 0 aliphatic heterocycles. The number of thioether (sulfide) groups is 1. The molecule has 0 bridgehead atoms. The molecule has 1 N–H and O–H groups in total. The van der Waals surface area contributed by atoms with Crippen LogP contribution in [0.4, 0.5) is 5.69 Å². The van der Waals surface area contributed by atoms with Crippen LogP contribution in [0.5, 0.6) is 0 Å². The summed E-state index contributed by atoms with van der Waals surface area (Å²) in [5.74, 6) is 0. The Morgan fingerprint density at radius 1 is 1.43 bits per heavy atom. The van der Waals surface area contributed by atoms with Crippen LogP contribution in [-0.4, -0.2) is 27.3 Å². The van der Waals surface area contributed by atoms with E-state index in [-0.39, 0.29) is 10.6 Å². The lowest BCUT2D eigenvalue weighted by Crippen LogP contribution is -2.29. The number of nitrogens with zero attached hydrogens (tertiary/aromatic N) is 2. The highest BCUT2D eigenvalue weighted by atomic mass is 35.5. The molecule has 1 aliphatic rings. The fourth-order valence-corrected chi connectivity index (χ4v) is 3.64. The van der Waals surface area contributed by atoms with Crippen molar-refractivity contribution in [2.45, 2.75) is 63.3 Å². The van der Waals surface area contributed by atoms with Crippen molar-refractivity contribution in [2.24, 2.45) is 0 Å². The molecule has 1 aliphatic carbocycles. The Hall–Kier alpha value is -0.680. The molecule has 0 unspecified atom stereocenters. The van der Waals surface area contributed by atoms with Crippen molar-refractivity contribution in [1.82, 2.24) is 9.78 Å². The average Bonchev–Trinajstić information content (AvgIpc) is 2.52. The van der Waals surface area contributed by atoms with E-state index in [9.17, 15) is 4.79 Å². The van der Waals surface area contributed by atoms with Gasteiger partial charge in [0.1, 0.15) is 5.02 Å². The molecule has 0 radical (unpaired) electrons. The van der Waals surface area contributed by atoms with Crippen molar-refractivity contribution in [3.8, 4) is 0 Å². The number of hydrogen-bond acceptors (Lipinski definition) is 4. The molecule has 1 heterocycles. The molecule has 118 valence electrons. The number of unbranched alkanes of at least 4 members (excludes halogenated alkanes) is 1. The molecule has 6 heteroatoms. The quantitative estimate of drug-likeness (QED) is 0.862. The van der Waals surface area contributed by atoms with Gasteiger partial charge in [-0.25, -0.2) is 4.68 Å². The van der Waals surface area contributed by atoms with Crippen molar-refractivity contribution in [1.29, 1.82) is 0 Å². The standard InChI is InChI=1S/C15H24ClN3OS/c1-3-4-9-19-15(20)14(16)13(10-17-19)18-11-5-7-12(21-2)8-6-11/h10-12,18H,3-9H2,1-2H3. The number of aromatic nitrogens is 2. The van der Waals surface area contributed by atoms with E-state index in [1.165, 1.54) is 17.5 Å². The molecular formula is C15H24ClN3OS. The van der Waals surface area contributed by atoms with Crippen LogP contribution in [0.1, 0.15) is 45.4 Å². The normalized spacial score (nSPS) is 22.2. The number of hydrogen-bond donors (Lipinski definition) is 1. The molecule has 21 heavy (non-hydrogen) atoms. The van der Waals surface area contributed by atoms with Crippen LogP contribution in [0, 0.1) is 0 Å². The summed E-state index contributed by atoms with van der Waals surface area (Å²) in [6.45, 7) is 2.72. The number of rotatable bonds is 6. The van der Waals surface area contributed by atoms with Crippen LogP contribution < -0.4 is 10.9 Å². The minimum atomic E-state index is -0.187. The SMILES string of the molecule is CCCCn1ncc(NC2CCC(SC)CC2)c(Cl)c1=O. The molecule has 0 saturated heterocycles. The third kappa shape index (κ3) is 4.39. The van der Waals surface area contributed by atoms with E-state index in [2.05, 4.69) is 23.6 Å². The molecule has 4 nitrogen and oxygen atoms in total. The van der Waals surface area contributed by atoms with E-state index in [1.807, 2.05) is 11.8 Å². The molecular weight excluding hydrogens is 306 g/mol. The highest BCUT2D eigenvalue weighted by molar-refractivity contribution is 7.99. The van der Waals surface area contributed by atoms with Gasteiger partial charge < -0.3 is 5.32 Å². The van der Waals surface area contributed by atoms with Gasteiger partial charge in [-0.05, 0) is 38.4 Å². The van der Waals surface area contributed by atoms with Gasteiger partial charge in [-0.3, -0.25) is 4.79 Å². The summed E-state index contributed by atoms with van der Waals surface area (Å²) in [5, 5.41) is 8.68. The van der Waals surface area contributed by atoms with Crippen LogP contribution >= 0.6 is 23.4 Å². The minimum Gasteiger partial charge on any atom is -0.380 e. The monoisotopic (exact) mass is 329 g/mol. The van der Waals surface area contributed by atoms with Crippen LogP contribution in [0.15, 0.2) is 11.0 Å². The molecule has 1 saturated carbocycles. The van der Waals surface area contributed by atoms with Crippen LogP contribution in [0.3, 0.4) is 0 Å². The van der Waals surface area contributed by atoms with Crippen LogP contribution in [-0.2, 0) is 6.54 Å². The summed E-state index contributed by atoms with van der Waals surface area (Å²) >= 11 is 8.16. The third-order valence-electron chi connectivity index (χ3n) is 4.08. The molecule has 1 fully saturated rings. The summed E-state index contributed by atoms with van der Waals surface area (Å²) in [6.07, 6.45) is 10.5. The zero-order valence-corrected chi connectivity index (χ0v) is 14.3. The van der Waals surface area contributed by atoms with Crippen molar-refractivity contribution in [3.05, 3.63) is 21.6 Å². The maximum absolute atomic E-state index is 12.2. The lowest BCUT2D eigenvalue weighted by atomic mass is 9.95. The molecule has 0 amide bonds. The molecule has 0 spiro atoms. The second-order valence-corrected chi connectivity index (χ2v) is 7.12. The van der Waals surface area contributed by atoms with Crippen LogP contribution in [0.25, 0.3) is 0 Å². The summed E-state index contributed by atoms with van der Waals surface area (Å²) in [6, 6.07) is 0.401. The van der Waals surface area contributed by atoms with Gasteiger partial charge >= 0.3 is 0 Å². The Kier molecular flexibility index (Phi) is 6.42. The van der Waals surface area contributed by atoms with Gasteiger partial charge in [-0.15, -0.1) is 0 Å². The smallest absolute Gasteiger partial charge is 0.287 e. The van der Waals surface area contributed by atoms with E-state index in [4.69, 9.17) is 11.6 Å². The fraction of sp³-hybridized carbons (Fsp3) is 0.733. The topological polar surface area (TPSA) is 46.9 Å². The molecule has 0 aromatic carbocycles. The lowest BCUT2D eigenvalue weighted by Gasteiger charge is -2.28. The Bertz CT molecular complexity index is 512. The van der Waals surface area contributed by atoms with E-state index >= 15 is 0 Å². The summed E-state index contributed by atoms with van der Waals surface area (Å²) in [4.78, 5) is 12.2. The predicted octanol–water partition coefficient (Wildman–Crippen LogP) is 3.78. The first-order valence-electron chi connectivity index (χ1n) is 7.70. The highest BCUT2D eigenvalue weighted by Gasteiger charge is 2.21. The van der Waals surface area contributed by atoms with Gasteiger partial charge in [0.05, 0.1) is 11.9 Å². The minimum absolute atomic E-state index is 0.187. The van der Waals surface area contributed by atoms with E-state index < -0.39 is 0 Å². The second kappa shape index (κ2) is 8.08. The Morgan fingerprint density at radius 2 is 2.14 bits per heavy atom. The van der Waals surface area contributed by atoms with Crippen molar-refractivity contribution in [2.75, 3.05) is 11.6 Å². The highest BCUT2D eigenvalue weighted by Crippen LogP contribution is 2.29. The van der Waals surface area contributed by atoms with E-state index in [1.54, 1.807) is 6.20 Å². The third-order valence-corrected chi connectivity index (χ3v) is 5.58. The summed E-state index contributed by atoms with van der Waals surface area (Å²) in [7, 11) is 0. The average molecular weight is 330 g/mol. The van der Waals surface area contributed by atoms with Gasteiger partial charge in [0, 0.05) is 17.8 Å². The maximum Gasteiger partial charge on any atom is 0.287 e. The number of aryl methyl sites for hydroxylation is 1. The molecule has 1 aromatic heterocycles. The Morgan fingerprint density at radius 3 is 2.76 bits per heavy atom. The Balaban J connectivity index is 2.01.